The molecular formula is C9H18N6OS. The molecule has 1 unspecified atom stereocenters. The molecule has 17 heavy (non-hydrogen) atoms. The zero-order valence-electron chi connectivity index (χ0n) is 9.80. The Labute approximate surface area is 104 Å². The van der Waals surface area contributed by atoms with Gasteiger partial charge in [0.2, 0.25) is 0 Å². The predicted molar refractivity (Wildman–Crippen MR) is 67.3 cm³/mol. The molecule has 0 spiro atoms. The number of aryl methyl sites for hydroxylation is 1. The number of thioether (sulfide) groups is 1. The van der Waals surface area contributed by atoms with Crippen LogP contribution in [0.15, 0.2) is 6.20 Å². The van der Waals surface area contributed by atoms with Crippen molar-refractivity contribution in [1.82, 2.24) is 20.4 Å². The van der Waals surface area contributed by atoms with E-state index in [0.29, 0.717) is 6.54 Å². The van der Waals surface area contributed by atoms with Crippen molar-refractivity contribution in [2.75, 3.05) is 11.5 Å². The number of carbonyl (C=O) groups is 1. The summed E-state index contributed by atoms with van der Waals surface area (Å²) in [5, 5.41) is 7.54. The average Bonchev–Trinajstić information content (AvgIpc) is 2.76. The predicted octanol–water partition coefficient (Wildman–Crippen LogP) is -0.648. The molecule has 1 aromatic heterocycles. The molecule has 0 saturated carbocycles. The van der Waals surface area contributed by atoms with E-state index < -0.39 is 5.91 Å². The molecule has 0 fully saturated rings. The lowest BCUT2D eigenvalue weighted by Crippen LogP contribution is -2.30. The molecule has 0 aromatic carbocycles. The quantitative estimate of drug-likeness (QED) is 0.259. The van der Waals surface area contributed by atoms with E-state index in [4.69, 9.17) is 11.6 Å². The smallest absolute Gasteiger partial charge is 0.287 e. The molecule has 0 aliphatic carbocycles. The van der Waals surface area contributed by atoms with Gasteiger partial charge in [-0.15, -0.1) is 5.10 Å². The van der Waals surface area contributed by atoms with Crippen LogP contribution < -0.4 is 17.0 Å². The summed E-state index contributed by atoms with van der Waals surface area (Å²) >= 11 is 1.81. The first-order chi connectivity index (χ1) is 8.13. The molecule has 7 nitrogen and oxygen atoms in total. The maximum absolute atomic E-state index is 11.1. The Bertz CT molecular complexity index is 353. The van der Waals surface area contributed by atoms with Crippen molar-refractivity contribution >= 4 is 17.7 Å². The molecule has 96 valence electrons. The lowest BCUT2D eigenvalue weighted by atomic mass is 10.3. The van der Waals surface area contributed by atoms with Gasteiger partial charge in [-0.25, -0.2) is 5.84 Å². The van der Waals surface area contributed by atoms with Gasteiger partial charge in [0.1, 0.15) is 0 Å². The van der Waals surface area contributed by atoms with Crippen LogP contribution in [0.2, 0.25) is 0 Å². The van der Waals surface area contributed by atoms with Gasteiger partial charge in [0, 0.05) is 11.8 Å². The van der Waals surface area contributed by atoms with Crippen LogP contribution in [-0.2, 0) is 6.54 Å². The first kappa shape index (κ1) is 13.9. The summed E-state index contributed by atoms with van der Waals surface area (Å²) in [6.45, 7) is 2.71. The Kier molecular flexibility index (Phi) is 5.95. The second kappa shape index (κ2) is 7.25. The number of hydrogen-bond donors (Lipinski definition) is 3. The van der Waals surface area contributed by atoms with E-state index in [1.165, 1.54) is 0 Å². The normalized spacial score (nSPS) is 12.4. The highest BCUT2D eigenvalue weighted by Crippen LogP contribution is 2.05. The highest BCUT2D eigenvalue weighted by Gasteiger charge is 2.08. The molecule has 1 atom stereocenters. The number of hydrogen-bond acceptors (Lipinski definition) is 6. The molecule has 1 heterocycles. The minimum atomic E-state index is -0.430. The van der Waals surface area contributed by atoms with E-state index in [1.807, 2.05) is 12.3 Å². The highest BCUT2D eigenvalue weighted by molar-refractivity contribution is 7.99. The van der Waals surface area contributed by atoms with E-state index in [9.17, 15) is 4.79 Å². The van der Waals surface area contributed by atoms with E-state index in [1.54, 1.807) is 22.6 Å². The summed E-state index contributed by atoms with van der Waals surface area (Å²) in [4.78, 5) is 11.1. The van der Waals surface area contributed by atoms with Gasteiger partial charge in [0.05, 0.1) is 12.7 Å². The molecule has 0 saturated heterocycles. The third-order valence-electron chi connectivity index (χ3n) is 2.08. The first-order valence-corrected chi connectivity index (χ1v) is 6.53. The third kappa shape index (κ3) is 5.16. The van der Waals surface area contributed by atoms with Gasteiger partial charge in [-0.05, 0) is 19.1 Å². The van der Waals surface area contributed by atoms with E-state index in [-0.39, 0.29) is 11.7 Å². The standard InChI is InChI=1S/C9H18N6OS/c1-7(10)2-4-17-5-3-15-6-8(13-14-15)9(16)12-11/h6-7H,2-5,10-11H2,1H3,(H,12,16). The van der Waals surface area contributed by atoms with Gasteiger partial charge >= 0.3 is 0 Å². The molecule has 1 rings (SSSR count). The van der Waals surface area contributed by atoms with Crippen LogP contribution in [0, 0.1) is 0 Å². The number of rotatable bonds is 7. The zero-order chi connectivity index (χ0) is 12.7. The van der Waals surface area contributed by atoms with Gasteiger partial charge < -0.3 is 5.73 Å². The fourth-order valence-electron chi connectivity index (χ4n) is 1.12. The summed E-state index contributed by atoms with van der Waals surface area (Å²) < 4.78 is 1.63. The summed E-state index contributed by atoms with van der Waals surface area (Å²) in [6, 6.07) is 0.244. The average molecular weight is 258 g/mol. The van der Waals surface area contributed by atoms with Crippen molar-refractivity contribution in [2.24, 2.45) is 11.6 Å². The molecule has 8 heteroatoms. The number of hydrazine groups is 1. The Balaban J connectivity index is 2.23. The van der Waals surface area contributed by atoms with Crippen molar-refractivity contribution < 1.29 is 4.79 Å². The molecule has 0 aliphatic rings. The third-order valence-corrected chi connectivity index (χ3v) is 3.08. The van der Waals surface area contributed by atoms with Gasteiger partial charge in [-0.2, -0.15) is 11.8 Å². The molecule has 0 radical (unpaired) electrons. The minimum absolute atomic E-state index is 0.230. The van der Waals surface area contributed by atoms with Crippen molar-refractivity contribution in [3.8, 4) is 0 Å². The number of amides is 1. The molecule has 1 amide bonds. The summed E-state index contributed by atoms with van der Waals surface area (Å²) in [7, 11) is 0. The Morgan fingerprint density at radius 2 is 2.41 bits per heavy atom. The number of aromatic nitrogens is 3. The first-order valence-electron chi connectivity index (χ1n) is 5.38. The van der Waals surface area contributed by atoms with Crippen LogP contribution in [0.5, 0.6) is 0 Å². The SMILES string of the molecule is CC(N)CCSCCn1cc(C(=O)NN)nn1. The lowest BCUT2D eigenvalue weighted by molar-refractivity contribution is 0.0948. The Morgan fingerprint density at radius 3 is 3.06 bits per heavy atom. The number of nitrogen functional groups attached to an aromatic ring is 1. The Hall–Kier alpha value is -1.12. The fourth-order valence-corrected chi connectivity index (χ4v) is 2.17. The van der Waals surface area contributed by atoms with E-state index >= 15 is 0 Å². The molecule has 0 aliphatic heterocycles. The molecule has 0 bridgehead atoms. The monoisotopic (exact) mass is 258 g/mol. The molecule has 1 aromatic rings. The summed E-state index contributed by atoms with van der Waals surface area (Å²) in [6.07, 6.45) is 2.58. The van der Waals surface area contributed by atoms with Crippen molar-refractivity contribution in [2.45, 2.75) is 25.9 Å². The van der Waals surface area contributed by atoms with Crippen LogP contribution in [0.1, 0.15) is 23.8 Å². The Morgan fingerprint density at radius 1 is 1.65 bits per heavy atom. The van der Waals surface area contributed by atoms with E-state index in [2.05, 4.69) is 10.3 Å². The van der Waals surface area contributed by atoms with Crippen LogP contribution in [0.25, 0.3) is 0 Å². The number of nitrogens with one attached hydrogen (secondary N) is 1. The number of nitrogens with zero attached hydrogens (tertiary/aromatic N) is 3. The van der Waals surface area contributed by atoms with Gasteiger partial charge in [-0.3, -0.25) is 14.9 Å². The minimum Gasteiger partial charge on any atom is -0.328 e. The zero-order valence-corrected chi connectivity index (χ0v) is 10.6. The molecule has 5 N–H and O–H groups in total. The van der Waals surface area contributed by atoms with Gasteiger partial charge in [0.25, 0.3) is 5.91 Å². The largest absolute Gasteiger partial charge is 0.328 e. The van der Waals surface area contributed by atoms with Crippen molar-refractivity contribution in [3.63, 3.8) is 0 Å². The maximum atomic E-state index is 11.1. The van der Waals surface area contributed by atoms with Crippen LogP contribution in [0.3, 0.4) is 0 Å². The van der Waals surface area contributed by atoms with E-state index in [0.717, 1.165) is 17.9 Å². The summed E-state index contributed by atoms with van der Waals surface area (Å²) in [5.41, 5.74) is 7.88. The van der Waals surface area contributed by atoms with Crippen molar-refractivity contribution in [3.05, 3.63) is 11.9 Å². The number of carbonyl (C=O) groups excluding carboxylic acids is 1. The highest BCUT2D eigenvalue weighted by atomic mass is 32.2. The van der Waals surface area contributed by atoms with Gasteiger partial charge in [-0.1, -0.05) is 5.21 Å². The fraction of sp³-hybridized carbons (Fsp3) is 0.667. The topological polar surface area (TPSA) is 112 Å². The molecular weight excluding hydrogens is 240 g/mol. The summed E-state index contributed by atoms with van der Waals surface area (Å²) in [5.74, 6) is 6.51. The lowest BCUT2D eigenvalue weighted by Gasteiger charge is -2.04. The number of nitrogens with two attached hydrogens (primary N) is 2. The second-order valence-corrected chi connectivity index (χ2v) is 4.94. The van der Waals surface area contributed by atoms with Crippen LogP contribution >= 0.6 is 11.8 Å². The maximum Gasteiger partial charge on any atom is 0.287 e. The van der Waals surface area contributed by atoms with Crippen LogP contribution in [-0.4, -0.2) is 38.4 Å². The van der Waals surface area contributed by atoms with Gasteiger partial charge in [0.15, 0.2) is 5.69 Å². The second-order valence-electron chi connectivity index (χ2n) is 3.72. The van der Waals surface area contributed by atoms with Crippen molar-refractivity contribution in [1.29, 1.82) is 0 Å². The van der Waals surface area contributed by atoms with Crippen LogP contribution in [0.4, 0.5) is 0 Å².